The van der Waals surface area contributed by atoms with E-state index < -0.39 is 5.91 Å². The van der Waals surface area contributed by atoms with Crippen LogP contribution in [0.25, 0.3) is 0 Å². The summed E-state index contributed by atoms with van der Waals surface area (Å²) in [5.41, 5.74) is 6.43. The molecule has 1 aromatic heterocycles. The summed E-state index contributed by atoms with van der Waals surface area (Å²) >= 11 is 0. The van der Waals surface area contributed by atoms with E-state index in [0.29, 0.717) is 22.8 Å². The van der Waals surface area contributed by atoms with Gasteiger partial charge in [0.1, 0.15) is 11.5 Å². The minimum absolute atomic E-state index is 0.0483. The summed E-state index contributed by atoms with van der Waals surface area (Å²) in [6.07, 6.45) is 0. The second-order valence-electron chi connectivity index (χ2n) is 4.26. The van der Waals surface area contributed by atoms with Crippen molar-refractivity contribution in [1.29, 1.82) is 0 Å². The van der Waals surface area contributed by atoms with Crippen molar-refractivity contribution in [3.05, 3.63) is 47.4 Å². The molecule has 7 nitrogen and oxygen atoms in total. The Morgan fingerprint density at radius 1 is 1.38 bits per heavy atom. The van der Waals surface area contributed by atoms with Crippen molar-refractivity contribution < 1.29 is 19.2 Å². The lowest BCUT2D eigenvalue weighted by Crippen LogP contribution is -2.15. The van der Waals surface area contributed by atoms with Gasteiger partial charge in [-0.15, -0.1) is 0 Å². The van der Waals surface area contributed by atoms with Gasteiger partial charge in [0.05, 0.1) is 12.8 Å². The molecule has 0 radical (unpaired) electrons. The third-order valence-corrected chi connectivity index (χ3v) is 2.82. The lowest BCUT2D eigenvalue weighted by atomic mass is 10.1. The van der Waals surface area contributed by atoms with E-state index in [1.165, 1.54) is 7.11 Å². The van der Waals surface area contributed by atoms with Gasteiger partial charge in [-0.1, -0.05) is 5.16 Å². The van der Waals surface area contributed by atoms with Gasteiger partial charge in [-0.2, -0.15) is 0 Å². The third kappa shape index (κ3) is 3.14. The van der Waals surface area contributed by atoms with Crippen LogP contribution in [-0.2, 0) is 0 Å². The zero-order chi connectivity index (χ0) is 15.4. The highest BCUT2D eigenvalue weighted by atomic mass is 16.5. The Labute approximate surface area is 121 Å². The molecule has 0 aliphatic carbocycles. The molecule has 0 unspecified atom stereocenters. The predicted octanol–water partition coefficient (Wildman–Crippen LogP) is 1.94. The predicted molar refractivity (Wildman–Crippen MR) is 76.9 cm³/mol. The largest absolute Gasteiger partial charge is 0.495 e. The Morgan fingerprint density at radius 3 is 2.71 bits per heavy atom. The van der Waals surface area contributed by atoms with Crippen LogP contribution in [0.15, 0.2) is 39.9 Å². The number of benzene rings is 1. The molecule has 0 atom stereocenters. The number of ether oxygens (including phenoxy) is 1. The summed E-state index contributed by atoms with van der Waals surface area (Å²) in [6.45, 7) is 1.75. The summed E-state index contributed by atoms with van der Waals surface area (Å²) < 4.78 is 10.4. The maximum atomic E-state index is 12.0. The number of oxime groups is 1. The van der Waals surface area contributed by atoms with Gasteiger partial charge in [0.2, 0.25) is 0 Å². The number of nitrogens with zero attached hydrogens (tertiary/aromatic N) is 1. The van der Waals surface area contributed by atoms with Crippen molar-refractivity contribution >= 4 is 17.4 Å². The number of anilines is 1. The van der Waals surface area contributed by atoms with E-state index in [-0.39, 0.29) is 11.6 Å². The monoisotopic (exact) mass is 289 g/mol. The first kappa shape index (κ1) is 14.4. The van der Waals surface area contributed by atoms with E-state index >= 15 is 0 Å². The van der Waals surface area contributed by atoms with Crippen LogP contribution in [0.2, 0.25) is 0 Å². The molecule has 2 aromatic rings. The molecular weight excluding hydrogens is 274 g/mol. The number of hydrogen-bond donors (Lipinski definition) is 3. The number of aryl methyl sites for hydroxylation is 1. The van der Waals surface area contributed by atoms with Gasteiger partial charge in [-0.05, 0) is 37.3 Å². The van der Waals surface area contributed by atoms with Crippen molar-refractivity contribution in [1.82, 2.24) is 0 Å². The summed E-state index contributed by atoms with van der Waals surface area (Å²) in [4.78, 5) is 12.0. The SMILES string of the molecule is COc1cc(/C(N)=N/O)ccc1NC(=O)c1ccc(C)o1. The molecule has 0 saturated heterocycles. The van der Waals surface area contributed by atoms with Crippen LogP contribution in [0, 0.1) is 6.92 Å². The summed E-state index contributed by atoms with van der Waals surface area (Å²) in [5, 5.41) is 14.2. The van der Waals surface area contributed by atoms with E-state index in [0.717, 1.165) is 0 Å². The van der Waals surface area contributed by atoms with Crippen LogP contribution in [0.4, 0.5) is 5.69 Å². The molecule has 0 aliphatic rings. The van der Waals surface area contributed by atoms with Crippen LogP contribution in [0.1, 0.15) is 21.9 Å². The van der Waals surface area contributed by atoms with Gasteiger partial charge in [0.25, 0.3) is 5.91 Å². The van der Waals surface area contributed by atoms with Crippen molar-refractivity contribution in [3.8, 4) is 5.75 Å². The standard InChI is InChI=1S/C14H15N3O4/c1-8-3-6-11(21-8)14(18)16-10-5-4-9(13(15)17-19)7-12(10)20-2/h3-7,19H,1-2H3,(H2,15,17)(H,16,18). The van der Waals surface area contributed by atoms with Crippen molar-refractivity contribution in [2.24, 2.45) is 10.9 Å². The molecule has 0 bridgehead atoms. The molecule has 2 rings (SSSR count). The second-order valence-corrected chi connectivity index (χ2v) is 4.26. The van der Waals surface area contributed by atoms with Crippen LogP contribution in [0.3, 0.4) is 0 Å². The summed E-state index contributed by atoms with van der Waals surface area (Å²) in [7, 11) is 1.46. The van der Waals surface area contributed by atoms with E-state index in [1.54, 1.807) is 37.3 Å². The molecule has 110 valence electrons. The topological polar surface area (TPSA) is 110 Å². The Balaban J connectivity index is 2.26. The molecular formula is C14H15N3O4. The second kappa shape index (κ2) is 6.00. The lowest BCUT2D eigenvalue weighted by molar-refractivity contribution is 0.0995. The average molecular weight is 289 g/mol. The number of furan rings is 1. The Bertz CT molecular complexity index is 691. The number of hydrogen-bond acceptors (Lipinski definition) is 5. The quantitative estimate of drug-likeness (QED) is 0.345. The number of nitrogens with two attached hydrogens (primary N) is 1. The molecule has 0 fully saturated rings. The Morgan fingerprint density at radius 2 is 2.14 bits per heavy atom. The van der Waals surface area contributed by atoms with Crippen LogP contribution < -0.4 is 15.8 Å². The smallest absolute Gasteiger partial charge is 0.291 e. The maximum absolute atomic E-state index is 12.0. The molecule has 0 saturated carbocycles. The highest BCUT2D eigenvalue weighted by Gasteiger charge is 2.14. The van der Waals surface area contributed by atoms with E-state index in [2.05, 4.69) is 10.5 Å². The fourth-order valence-electron chi connectivity index (χ4n) is 1.75. The number of carbonyl (C=O) groups excluding carboxylic acids is 1. The molecule has 0 spiro atoms. The average Bonchev–Trinajstić information content (AvgIpc) is 2.93. The fourth-order valence-corrected chi connectivity index (χ4v) is 1.75. The molecule has 1 amide bonds. The first-order valence-electron chi connectivity index (χ1n) is 6.09. The molecule has 0 aliphatic heterocycles. The van der Waals surface area contributed by atoms with Crippen LogP contribution in [-0.4, -0.2) is 24.1 Å². The summed E-state index contributed by atoms with van der Waals surface area (Å²) in [5.74, 6) is 0.797. The van der Waals surface area contributed by atoms with Crippen molar-refractivity contribution in [3.63, 3.8) is 0 Å². The van der Waals surface area contributed by atoms with Crippen molar-refractivity contribution in [2.45, 2.75) is 6.92 Å². The van der Waals surface area contributed by atoms with Gasteiger partial charge >= 0.3 is 0 Å². The Hall–Kier alpha value is -2.96. The van der Waals surface area contributed by atoms with E-state index in [1.807, 2.05) is 0 Å². The normalized spacial score (nSPS) is 11.2. The van der Waals surface area contributed by atoms with Gasteiger partial charge in [-0.25, -0.2) is 0 Å². The summed E-state index contributed by atoms with van der Waals surface area (Å²) in [6, 6.07) is 8.04. The number of nitrogens with one attached hydrogen (secondary N) is 1. The first-order chi connectivity index (χ1) is 10.0. The zero-order valence-electron chi connectivity index (χ0n) is 11.6. The molecule has 7 heteroatoms. The highest BCUT2D eigenvalue weighted by Crippen LogP contribution is 2.26. The number of rotatable bonds is 4. The number of carbonyl (C=O) groups is 1. The van der Waals surface area contributed by atoms with Crippen LogP contribution in [0.5, 0.6) is 5.75 Å². The maximum Gasteiger partial charge on any atom is 0.291 e. The molecule has 21 heavy (non-hydrogen) atoms. The molecule has 1 aromatic carbocycles. The molecule has 4 N–H and O–H groups in total. The number of methoxy groups -OCH3 is 1. The van der Waals surface area contributed by atoms with Gasteiger partial charge in [-0.3, -0.25) is 4.79 Å². The minimum atomic E-state index is -0.391. The van der Waals surface area contributed by atoms with Gasteiger partial charge in [0, 0.05) is 5.56 Å². The Kier molecular flexibility index (Phi) is 4.13. The minimum Gasteiger partial charge on any atom is -0.495 e. The first-order valence-corrected chi connectivity index (χ1v) is 6.09. The number of amides is 1. The fraction of sp³-hybridized carbons (Fsp3) is 0.143. The van der Waals surface area contributed by atoms with E-state index in [4.69, 9.17) is 20.1 Å². The zero-order valence-corrected chi connectivity index (χ0v) is 11.6. The lowest BCUT2D eigenvalue weighted by Gasteiger charge is -2.10. The third-order valence-electron chi connectivity index (χ3n) is 2.82. The van der Waals surface area contributed by atoms with Gasteiger partial charge < -0.3 is 25.4 Å². The van der Waals surface area contributed by atoms with Crippen molar-refractivity contribution in [2.75, 3.05) is 12.4 Å². The number of amidine groups is 1. The molecule has 1 heterocycles. The van der Waals surface area contributed by atoms with Crippen LogP contribution >= 0.6 is 0 Å². The van der Waals surface area contributed by atoms with Gasteiger partial charge in [0.15, 0.2) is 11.6 Å². The van der Waals surface area contributed by atoms with E-state index in [9.17, 15) is 4.79 Å². The highest BCUT2D eigenvalue weighted by molar-refractivity contribution is 6.04.